The highest BCUT2D eigenvalue weighted by Crippen LogP contribution is 2.20. The van der Waals surface area contributed by atoms with Gasteiger partial charge in [0.2, 0.25) is 5.76 Å². The summed E-state index contributed by atoms with van der Waals surface area (Å²) in [5.74, 6) is -0.328. The first kappa shape index (κ1) is 13.2. The van der Waals surface area contributed by atoms with Crippen LogP contribution in [0.3, 0.4) is 0 Å². The molecular formula is C15H17NO3. The zero-order chi connectivity index (χ0) is 13.8. The molecule has 1 N–H and O–H groups in total. The third kappa shape index (κ3) is 2.96. The Morgan fingerprint density at radius 2 is 2.00 bits per heavy atom. The van der Waals surface area contributed by atoms with Gasteiger partial charge in [0.05, 0.1) is 6.54 Å². The van der Waals surface area contributed by atoms with Crippen molar-refractivity contribution in [2.24, 2.45) is 0 Å². The highest BCUT2D eigenvalue weighted by atomic mass is 16.4. The molecule has 0 saturated carbocycles. The molecule has 0 radical (unpaired) electrons. The number of para-hydroxylation sites is 1. The quantitative estimate of drug-likeness (QED) is 0.895. The van der Waals surface area contributed by atoms with Gasteiger partial charge in [-0.15, -0.1) is 0 Å². The molecule has 0 bridgehead atoms. The highest BCUT2D eigenvalue weighted by molar-refractivity contribution is 5.86. The van der Waals surface area contributed by atoms with Gasteiger partial charge in [-0.05, 0) is 32.0 Å². The van der Waals surface area contributed by atoms with E-state index in [4.69, 9.17) is 9.52 Å². The molecule has 2 aromatic rings. The molecule has 0 spiro atoms. The lowest BCUT2D eigenvalue weighted by Gasteiger charge is -2.21. The van der Waals surface area contributed by atoms with Crippen molar-refractivity contribution in [1.29, 1.82) is 0 Å². The standard InChI is InChI=1S/C15H17NO3/c1-3-16(12-7-5-4-6-8-12)10-13-9-11(2)14(19-13)15(17)18/h4-9H,3,10H2,1-2H3,(H,17,18). The van der Waals surface area contributed by atoms with Gasteiger partial charge < -0.3 is 14.4 Å². The summed E-state index contributed by atoms with van der Waals surface area (Å²) in [6, 6.07) is 11.8. The van der Waals surface area contributed by atoms with E-state index in [2.05, 4.69) is 11.8 Å². The van der Waals surface area contributed by atoms with E-state index in [1.165, 1.54) is 0 Å². The molecule has 100 valence electrons. The molecule has 0 fully saturated rings. The van der Waals surface area contributed by atoms with E-state index in [0.717, 1.165) is 12.2 Å². The van der Waals surface area contributed by atoms with Gasteiger partial charge in [-0.3, -0.25) is 0 Å². The van der Waals surface area contributed by atoms with Gasteiger partial charge in [-0.2, -0.15) is 0 Å². The van der Waals surface area contributed by atoms with Crippen molar-refractivity contribution in [3.8, 4) is 0 Å². The predicted molar refractivity (Wildman–Crippen MR) is 73.6 cm³/mol. The summed E-state index contributed by atoms with van der Waals surface area (Å²) in [6.45, 7) is 5.19. The molecule has 0 atom stereocenters. The third-order valence-corrected chi connectivity index (χ3v) is 3.01. The number of carbonyl (C=O) groups is 1. The second-order valence-corrected chi connectivity index (χ2v) is 4.38. The van der Waals surface area contributed by atoms with Crippen molar-refractivity contribution in [3.63, 3.8) is 0 Å². The number of hydrogen-bond donors (Lipinski definition) is 1. The van der Waals surface area contributed by atoms with Crippen molar-refractivity contribution in [2.75, 3.05) is 11.4 Å². The zero-order valence-electron chi connectivity index (χ0n) is 11.1. The van der Waals surface area contributed by atoms with Crippen molar-refractivity contribution < 1.29 is 14.3 Å². The summed E-state index contributed by atoms with van der Waals surface area (Å²) in [5.41, 5.74) is 1.75. The molecule has 0 saturated heterocycles. The Balaban J connectivity index is 2.19. The number of aromatic carboxylic acids is 1. The molecule has 1 aromatic heterocycles. The number of anilines is 1. The van der Waals surface area contributed by atoms with Crippen LogP contribution in [0.5, 0.6) is 0 Å². The Kier molecular flexibility index (Phi) is 3.90. The van der Waals surface area contributed by atoms with Crippen molar-refractivity contribution in [2.45, 2.75) is 20.4 Å². The van der Waals surface area contributed by atoms with Crippen LogP contribution in [-0.4, -0.2) is 17.6 Å². The normalized spacial score (nSPS) is 10.4. The molecular weight excluding hydrogens is 242 g/mol. The van der Waals surface area contributed by atoms with E-state index < -0.39 is 5.97 Å². The summed E-state index contributed by atoms with van der Waals surface area (Å²) in [7, 11) is 0. The second-order valence-electron chi connectivity index (χ2n) is 4.38. The van der Waals surface area contributed by atoms with Gasteiger partial charge in [0.1, 0.15) is 5.76 Å². The number of rotatable bonds is 5. The Labute approximate surface area is 112 Å². The molecule has 4 nitrogen and oxygen atoms in total. The van der Waals surface area contributed by atoms with Crippen molar-refractivity contribution in [1.82, 2.24) is 0 Å². The van der Waals surface area contributed by atoms with Crippen LogP contribution in [0, 0.1) is 6.92 Å². The van der Waals surface area contributed by atoms with Crippen LogP contribution in [-0.2, 0) is 6.54 Å². The van der Waals surface area contributed by atoms with Crippen LogP contribution in [0.2, 0.25) is 0 Å². The molecule has 1 heterocycles. The third-order valence-electron chi connectivity index (χ3n) is 3.01. The SMILES string of the molecule is CCN(Cc1cc(C)c(C(=O)O)o1)c1ccccc1. The number of nitrogens with zero attached hydrogens (tertiary/aromatic N) is 1. The Morgan fingerprint density at radius 3 is 2.53 bits per heavy atom. The summed E-state index contributed by atoms with van der Waals surface area (Å²) in [4.78, 5) is 13.1. The monoisotopic (exact) mass is 259 g/mol. The Morgan fingerprint density at radius 1 is 1.32 bits per heavy atom. The summed E-state index contributed by atoms with van der Waals surface area (Å²) < 4.78 is 5.39. The molecule has 19 heavy (non-hydrogen) atoms. The van der Waals surface area contributed by atoms with Gasteiger partial charge >= 0.3 is 5.97 Å². The highest BCUT2D eigenvalue weighted by Gasteiger charge is 2.16. The summed E-state index contributed by atoms with van der Waals surface area (Å²) in [5, 5.41) is 8.98. The minimum atomic E-state index is -1.02. The molecule has 1 aromatic carbocycles. The maximum absolute atomic E-state index is 11.0. The van der Waals surface area contributed by atoms with Gasteiger partial charge in [0.25, 0.3) is 0 Å². The minimum absolute atomic E-state index is 0.0270. The average molecular weight is 259 g/mol. The molecule has 4 heteroatoms. The van der Waals surface area contributed by atoms with Gasteiger partial charge in [0, 0.05) is 17.8 Å². The molecule has 0 aliphatic rings. The van der Waals surface area contributed by atoms with E-state index in [0.29, 0.717) is 17.9 Å². The first-order chi connectivity index (χ1) is 9.11. The number of hydrogen-bond acceptors (Lipinski definition) is 3. The van der Waals surface area contributed by atoms with E-state index >= 15 is 0 Å². The van der Waals surface area contributed by atoms with Crippen LogP contribution in [0.4, 0.5) is 5.69 Å². The van der Waals surface area contributed by atoms with Crippen LogP contribution in [0.15, 0.2) is 40.8 Å². The minimum Gasteiger partial charge on any atom is -0.475 e. The molecule has 0 aliphatic heterocycles. The fourth-order valence-corrected chi connectivity index (χ4v) is 2.05. The molecule has 0 amide bonds. The smallest absolute Gasteiger partial charge is 0.372 e. The number of carboxylic acid groups (broad SMARTS) is 1. The van der Waals surface area contributed by atoms with E-state index in [1.807, 2.05) is 30.3 Å². The average Bonchev–Trinajstić information content (AvgIpc) is 2.78. The van der Waals surface area contributed by atoms with Gasteiger partial charge in [-0.25, -0.2) is 4.79 Å². The number of carboxylic acids is 1. The number of benzene rings is 1. The van der Waals surface area contributed by atoms with Crippen molar-refractivity contribution in [3.05, 3.63) is 53.5 Å². The Hall–Kier alpha value is -2.23. The first-order valence-corrected chi connectivity index (χ1v) is 6.24. The van der Waals surface area contributed by atoms with Crippen LogP contribution < -0.4 is 4.90 Å². The van der Waals surface area contributed by atoms with Crippen molar-refractivity contribution >= 4 is 11.7 Å². The lowest BCUT2D eigenvalue weighted by atomic mass is 10.2. The lowest BCUT2D eigenvalue weighted by molar-refractivity contribution is 0.0659. The van der Waals surface area contributed by atoms with Crippen LogP contribution >= 0.6 is 0 Å². The molecule has 0 unspecified atom stereocenters. The van der Waals surface area contributed by atoms with Gasteiger partial charge in [-0.1, -0.05) is 18.2 Å². The lowest BCUT2D eigenvalue weighted by Crippen LogP contribution is -2.21. The molecule has 0 aliphatic carbocycles. The predicted octanol–water partition coefficient (Wildman–Crippen LogP) is 3.31. The van der Waals surface area contributed by atoms with Gasteiger partial charge in [0.15, 0.2) is 0 Å². The largest absolute Gasteiger partial charge is 0.475 e. The summed E-state index contributed by atoms with van der Waals surface area (Å²) >= 11 is 0. The van der Waals surface area contributed by atoms with Crippen LogP contribution in [0.1, 0.15) is 28.8 Å². The van der Waals surface area contributed by atoms with E-state index in [9.17, 15) is 4.79 Å². The fourth-order valence-electron chi connectivity index (χ4n) is 2.05. The summed E-state index contributed by atoms with van der Waals surface area (Å²) in [6.07, 6.45) is 0. The topological polar surface area (TPSA) is 53.7 Å². The van der Waals surface area contributed by atoms with E-state index in [1.54, 1.807) is 13.0 Å². The molecule has 2 rings (SSSR count). The first-order valence-electron chi connectivity index (χ1n) is 6.24. The number of aryl methyl sites for hydroxylation is 1. The Bertz CT molecular complexity index is 560. The second kappa shape index (κ2) is 5.61. The maximum atomic E-state index is 11.0. The van der Waals surface area contributed by atoms with Crippen LogP contribution in [0.25, 0.3) is 0 Å². The maximum Gasteiger partial charge on any atom is 0.372 e. The number of furan rings is 1. The fraction of sp³-hybridized carbons (Fsp3) is 0.267. The van der Waals surface area contributed by atoms with E-state index in [-0.39, 0.29) is 5.76 Å². The zero-order valence-corrected chi connectivity index (χ0v) is 11.1.